The third-order valence-corrected chi connectivity index (χ3v) is 3.34. The fraction of sp³-hybridized carbons (Fsp3) is 0.235. The fourth-order valence-corrected chi connectivity index (χ4v) is 2.10. The summed E-state index contributed by atoms with van der Waals surface area (Å²) in [5.74, 6) is -0.503. The maximum Gasteiger partial charge on any atom is 0.220 e. The molecule has 0 heterocycles. The zero-order valence-corrected chi connectivity index (χ0v) is 12.0. The minimum absolute atomic E-state index is 0.0169. The van der Waals surface area contributed by atoms with Crippen LogP contribution in [0.3, 0.4) is 0 Å². The van der Waals surface area contributed by atoms with E-state index in [2.05, 4.69) is 5.32 Å². The van der Waals surface area contributed by atoms with Gasteiger partial charge in [-0.1, -0.05) is 30.3 Å². The Morgan fingerprint density at radius 1 is 1.18 bits per heavy atom. The third kappa shape index (κ3) is 4.56. The van der Waals surface area contributed by atoms with Gasteiger partial charge in [0.25, 0.3) is 0 Å². The second-order valence-electron chi connectivity index (χ2n) is 5.00. The lowest BCUT2D eigenvalue weighted by atomic mass is 10.1. The van der Waals surface area contributed by atoms with Crippen molar-refractivity contribution in [2.24, 2.45) is 0 Å². The van der Waals surface area contributed by atoms with Crippen molar-refractivity contribution < 1.29 is 19.4 Å². The number of aromatic hydroxyl groups is 1. The molecule has 0 aliphatic rings. The first-order valence-electron chi connectivity index (χ1n) is 7.03. The summed E-state index contributed by atoms with van der Waals surface area (Å²) >= 11 is 0. The molecule has 3 N–H and O–H groups in total. The van der Waals surface area contributed by atoms with Gasteiger partial charge in [0.2, 0.25) is 5.91 Å². The fourth-order valence-electron chi connectivity index (χ4n) is 2.10. The van der Waals surface area contributed by atoms with Crippen molar-refractivity contribution in [3.63, 3.8) is 0 Å². The number of carbonyl (C=O) groups is 1. The maximum absolute atomic E-state index is 13.1. The second-order valence-corrected chi connectivity index (χ2v) is 5.00. The number of phenolic OH excluding ortho intramolecular Hbond substituents is 1. The van der Waals surface area contributed by atoms with Gasteiger partial charge in [0.15, 0.2) is 0 Å². The SMILES string of the molecule is O=C(CCc1ccccc1O)NCC(O)c1cccc(F)c1. The highest BCUT2D eigenvalue weighted by molar-refractivity contribution is 5.76. The van der Waals surface area contributed by atoms with Gasteiger partial charge in [0.05, 0.1) is 6.10 Å². The maximum atomic E-state index is 13.1. The number of nitrogens with one attached hydrogen (secondary N) is 1. The van der Waals surface area contributed by atoms with E-state index in [1.54, 1.807) is 30.3 Å². The number of benzene rings is 2. The molecule has 0 saturated carbocycles. The summed E-state index contributed by atoms with van der Waals surface area (Å²) in [6, 6.07) is 12.5. The molecule has 22 heavy (non-hydrogen) atoms. The Kier molecular flexibility index (Phi) is 5.49. The molecule has 0 bridgehead atoms. The zero-order chi connectivity index (χ0) is 15.9. The van der Waals surface area contributed by atoms with E-state index in [1.165, 1.54) is 18.2 Å². The van der Waals surface area contributed by atoms with Crippen LogP contribution in [0.2, 0.25) is 0 Å². The molecule has 0 aliphatic carbocycles. The molecule has 1 amide bonds. The number of aliphatic hydroxyl groups is 1. The molecule has 116 valence electrons. The van der Waals surface area contributed by atoms with Gasteiger partial charge in [-0.15, -0.1) is 0 Å². The number of phenols is 1. The number of aliphatic hydroxyl groups excluding tert-OH is 1. The predicted octanol–water partition coefficient (Wildman–Crippen LogP) is 2.31. The zero-order valence-electron chi connectivity index (χ0n) is 12.0. The smallest absolute Gasteiger partial charge is 0.220 e. The number of rotatable bonds is 6. The van der Waals surface area contributed by atoms with Crippen LogP contribution in [0.5, 0.6) is 5.75 Å². The number of para-hydroxylation sites is 1. The lowest BCUT2D eigenvalue weighted by Crippen LogP contribution is -2.28. The molecule has 1 atom stereocenters. The molecule has 0 saturated heterocycles. The Bertz CT molecular complexity index is 645. The molecular weight excluding hydrogens is 285 g/mol. The van der Waals surface area contributed by atoms with Crippen LogP contribution in [0, 0.1) is 5.82 Å². The van der Waals surface area contributed by atoms with Gasteiger partial charge in [-0.05, 0) is 35.7 Å². The minimum Gasteiger partial charge on any atom is -0.508 e. The van der Waals surface area contributed by atoms with E-state index in [0.717, 1.165) is 0 Å². The van der Waals surface area contributed by atoms with Crippen LogP contribution in [0.4, 0.5) is 4.39 Å². The summed E-state index contributed by atoms with van der Waals surface area (Å²) in [5, 5.41) is 22.1. The highest BCUT2D eigenvalue weighted by atomic mass is 19.1. The molecule has 0 aromatic heterocycles. The van der Waals surface area contributed by atoms with Crippen molar-refractivity contribution in [3.05, 3.63) is 65.5 Å². The summed E-state index contributed by atoms with van der Waals surface area (Å²) in [5.41, 5.74) is 1.12. The number of hydrogen-bond acceptors (Lipinski definition) is 3. The first-order valence-corrected chi connectivity index (χ1v) is 7.03. The molecule has 2 rings (SSSR count). The quantitative estimate of drug-likeness (QED) is 0.767. The van der Waals surface area contributed by atoms with E-state index < -0.39 is 11.9 Å². The van der Waals surface area contributed by atoms with Gasteiger partial charge in [-0.25, -0.2) is 4.39 Å². The average molecular weight is 303 g/mol. The molecule has 0 spiro atoms. The molecule has 5 heteroatoms. The van der Waals surface area contributed by atoms with Crippen molar-refractivity contribution in [1.82, 2.24) is 5.32 Å². The Balaban J connectivity index is 1.79. The highest BCUT2D eigenvalue weighted by Crippen LogP contribution is 2.17. The number of hydrogen-bond donors (Lipinski definition) is 3. The van der Waals surface area contributed by atoms with Gasteiger partial charge >= 0.3 is 0 Å². The minimum atomic E-state index is -0.954. The Labute approximate surface area is 128 Å². The Morgan fingerprint density at radius 2 is 1.95 bits per heavy atom. The van der Waals surface area contributed by atoms with Gasteiger partial charge in [0, 0.05) is 13.0 Å². The monoisotopic (exact) mass is 303 g/mol. The molecule has 2 aromatic carbocycles. The Morgan fingerprint density at radius 3 is 2.68 bits per heavy atom. The van der Waals surface area contributed by atoms with Crippen molar-refractivity contribution in [3.8, 4) is 5.75 Å². The van der Waals surface area contributed by atoms with E-state index in [-0.39, 0.29) is 24.6 Å². The van der Waals surface area contributed by atoms with Gasteiger partial charge in [-0.3, -0.25) is 4.79 Å². The van der Waals surface area contributed by atoms with Crippen molar-refractivity contribution in [2.75, 3.05) is 6.54 Å². The number of aryl methyl sites for hydroxylation is 1. The molecule has 0 fully saturated rings. The predicted molar refractivity (Wildman–Crippen MR) is 80.8 cm³/mol. The molecule has 0 radical (unpaired) electrons. The topological polar surface area (TPSA) is 69.6 Å². The third-order valence-electron chi connectivity index (χ3n) is 3.34. The highest BCUT2D eigenvalue weighted by Gasteiger charge is 2.11. The van der Waals surface area contributed by atoms with Gasteiger partial charge in [0.1, 0.15) is 11.6 Å². The van der Waals surface area contributed by atoms with Crippen LogP contribution < -0.4 is 5.32 Å². The average Bonchev–Trinajstić information content (AvgIpc) is 2.52. The molecule has 0 aliphatic heterocycles. The summed E-state index contributed by atoms with van der Waals surface area (Å²) in [4.78, 5) is 11.8. The summed E-state index contributed by atoms with van der Waals surface area (Å²) in [6.07, 6.45) is -0.341. The largest absolute Gasteiger partial charge is 0.508 e. The Hall–Kier alpha value is -2.40. The molecule has 2 aromatic rings. The summed E-state index contributed by atoms with van der Waals surface area (Å²) < 4.78 is 13.1. The van der Waals surface area contributed by atoms with E-state index in [1.807, 2.05) is 0 Å². The van der Waals surface area contributed by atoms with Crippen LogP contribution in [-0.2, 0) is 11.2 Å². The van der Waals surface area contributed by atoms with Gasteiger partial charge < -0.3 is 15.5 Å². The van der Waals surface area contributed by atoms with Crippen molar-refractivity contribution in [1.29, 1.82) is 0 Å². The molecule has 1 unspecified atom stereocenters. The summed E-state index contributed by atoms with van der Waals surface area (Å²) in [7, 11) is 0. The number of carbonyl (C=O) groups excluding carboxylic acids is 1. The van der Waals surface area contributed by atoms with E-state index >= 15 is 0 Å². The molecule has 4 nitrogen and oxygen atoms in total. The van der Waals surface area contributed by atoms with Crippen LogP contribution in [0.25, 0.3) is 0 Å². The van der Waals surface area contributed by atoms with Crippen molar-refractivity contribution in [2.45, 2.75) is 18.9 Å². The second kappa shape index (κ2) is 7.56. The first-order chi connectivity index (χ1) is 10.6. The summed E-state index contributed by atoms with van der Waals surface area (Å²) in [6.45, 7) is 0.0169. The van der Waals surface area contributed by atoms with Crippen LogP contribution in [-0.4, -0.2) is 22.7 Å². The first kappa shape index (κ1) is 16.0. The molecular formula is C17H18FNO3. The lowest BCUT2D eigenvalue weighted by molar-refractivity contribution is -0.121. The number of halogens is 1. The van der Waals surface area contributed by atoms with E-state index in [4.69, 9.17) is 0 Å². The van der Waals surface area contributed by atoms with Crippen LogP contribution in [0.15, 0.2) is 48.5 Å². The van der Waals surface area contributed by atoms with Gasteiger partial charge in [-0.2, -0.15) is 0 Å². The lowest BCUT2D eigenvalue weighted by Gasteiger charge is -2.12. The van der Waals surface area contributed by atoms with Crippen LogP contribution in [0.1, 0.15) is 23.7 Å². The standard InChI is InChI=1S/C17H18FNO3/c18-14-6-3-5-13(10-14)16(21)11-19-17(22)9-8-12-4-1-2-7-15(12)20/h1-7,10,16,20-21H,8-9,11H2,(H,19,22). The van der Waals surface area contributed by atoms with E-state index in [9.17, 15) is 19.4 Å². The van der Waals surface area contributed by atoms with Crippen molar-refractivity contribution >= 4 is 5.91 Å². The van der Waals surface area contributed by atoms with Crippen LogP contribution >= 0.6 is 0 Å². The number of amides is 1. The van der Waals surface area contributed by atoms with E-state index in [0.29, 0.717) is 17.5 Å². The normalized spacial score (nSPS) is 11.9.